The molecular formula is C12H15N5O5. The molecule has 1 atom stereocenters. The number of pyridine rings is 1. The molecule has 10 heteroatoms. The Kier molecular flexibility index (Phi) is 4.73. The van der Waals surface area contributed by atoms with Crippen molar-refractivity contribution in [2.75, 3.05) is 25.0 Å². The smallest absolute Gasteiger partial charge is 0.322 e. The van der Waals surface area contributed by atoms with Crippen LogP contribution >= 0.6 is 0 Å². The molecule has 22 heavy (non-hydrogen) atoms. The summed E-state index contributed by atoms with van der Waals surface area (Å²) in [5.41, 5.74) is -0.296. The number of nitrogens with zero attached hydrogens (tertiary/aromatic N) is 1. The molecule has 0 saturated heterocycles. The average molecular weight is 309 g/mol. The van der Waals surface area contributed by atoms with Crippen LogP contribution in [0, 0.1) is 0 Å². The highest BCUT2D eigenvalue weighted by molar-refractivity contribution is 5.98. The summed E-state index contributed by atoms with van der Waals surface area (Å²) < 4.78 is 0. The number of amides is 1. The van der Waals surface area contributed by atoms with E-state index in [4.69, 9.17) is 5.11 Å². The molecule has 0 aromatic carbocycles. The number of β-amino-alcohol motifs (C(OH)–C–C–N with tert-alkyl or cyclic N) is 1. The molecule has 0 saturated carbocycles. The number of aromatic nitrogens is 1. The molecule has 10 nitrogen and oxygen atoms in total. The number of anilines is 1. The van der Waals surface area contributed by atoms with Gasteiger partial charge in [0.1, 0.15) is 12.2 Å². The predicted octanol–water partition coefficient (Wildman–Crippen LogP) is -2.08. The van der Waals surface area contributed by atoms with Gasteiger partial charge in [0.15, 0.2) is 5.96 Å². The zero-order chi connectivity index (χ0) is 16.1. The Morgan fingerprint density at radius 1 is 1.45 bits per heavy atom. The second-order valence-corrected chi connectivity index (χ2v) is 4.56. The number of carboxylic acids is 1. The Labute approximate surface area is 124 Å². The summed E-state index contributed by atoms with van der Waals surface area (Å²) in [7, 11) is 0. The summed E-state index contributed by atoms with van der Waals surface area (Å²) in [6, 6.07) is 1.28. The number of hydrogen-bond acceptors (Lipinski definition) is 7. The highest BCUT2D eigenvalue weighted by atomic mass is 16.4. The average Bonchev–Trinajstić information content (AvgIpc) is 2.49. The summed E-state index contributed by atoms with van der Waals surface area (Å²) in [5.74, 6) is -1.50. The Balaban J connectivity index is 2.11. The van der Waals surface area contributed by atoms with E-state index in [1.54, 1.807) is 0 Å². The highest BCUT2D eigenvalue weighted by Gasteiger charge is 2.14. The van der Waals surface area contributed by atoms with E-state index in [9.17, 15) is 19.5 Å². The first-order valence-corrected chi connectivity index (χ1v) is 6.42. The lowest BCUT2D eigenvalue weighted by atomic mass is 10.2. The van der Waals surface area contributed by atoms with Gasteiger partial charge in [0.2, 0.25) is 0 Å². The van der Waals surface area contributed by atoms with Gasteiger partial charge in [-0.1, -0.05) is 0 Å². The molecule has 6 N–H and O–H groups in total. The number of aliphatic hydroxyl groups excluding tert-OH is 1. The number of carboxylic acid groups (broad SMARTS) is 1. The highest BCUT2D eigenvalue weighted by Crippen LogP contribution is 2.04. The molecule has 1 amide bonds. The van der Waals surface area contributed by atoms with Crippen molar-refractivity contribution in [2.24, 2.45) is 4.99 Å². The van der Waals surface area contributed by atoms with E-state index < -0.39 is 30.1 Å². The molecule has 1 aliphatic heterocycles. The summed E-state index contributed by atoms with van der Waals surface area (Å²) in [6.45, 7) is -0.0264. The minimum Gasteiger partial charge on any atom is -0.480 e. The Bertz CT molecular complexity index is 668. The molecule has 0 bridgehead atoms. The SMILES string of the molecule is O=C(O)CNC(=O)c1c[nH]c(=O)c(NC2=NCC(O)CN2)c1. The van der Waals surface area contributed by atoms with Crippen molar-refractivity contribution >= 4 is 23.5 Å². The third-order valence-electron chi connectivity index (χ3n) is 2.78. The largest absolute Gasteiger partial charge is 0.480 e. The predicted molar refractivity (Wildman–Crippen MR) is 77.0 cm³/mol. The Morgan fingerprint density at radius 3 is 2.86 bits per heavy atom. The van der Waals surface area contributed by atoms with Crippen molar-refractivity contribution in [3.05, 3.63) is 28.2 Å². The number of nitrogens with one attached hydrogen (secondary N) is 4. The fourth-order valence-electron chi connectivity index (χ4n) is 1.71. The quantitative estimate of drug-likeness (QED) is 0.373. The number of aromatic amines is 1. The van der Waals surface area contributed by atoms with Gasteiger partial charge < -0.3 is 31.1 Å². The topological polar surface area (TPSA) is 156 Å². The van der Waals surface area contributed by atoms with Gasteiger partial charge in [-0.3, -0.25) is 19.4 Å². The second-order valence-electron chi connectivity index (χ2n) is 4.56. The number of rotatable bonds is 4. The first kappa shape index (κ1) is 15.5. The molecule has 2 rings (SSSR count). The second kappa shape index (κ2) is 6.72. The van der Waals surface area contributed by atoms with Crippen molar-refractivity contribution in [3.63, 3.8) is 0 Å². The van der Waals surface area contributed by atoms with Gasteiger partial charge >= 0.3 is 5.97 Å². The van der Waals surface area contributed by atoms with E-state index in [2.05, 4.69) is 25.9 Å². The van der Waals surface area contributed by atoms with Crippen molar-refractivity contribution in [1.29, 1.82) is 0 Å². The van der Waals surface area contributed by atoms with E-state index in [0.717, 1.165) is 0 Å². The monoisotopic (exact) mass is 309 g/mol. The van der Waals surface area contributed by atoms with E-state index in [0.29, 0.717) is 12.5 Å². The lowest BCUT2D eigenvalue weighted by Crippen LogP contribution is -2.43. The van der Waals surface area contributed by atoms with Gasteiger partial charge in [0, 0.05) is 12.7 Å². The van der Waals surface area contributed by atoms with Gasteiger partial charge in [-0.15, -0.1) is 0 Å². The minimum atomic E-state index is -1.17. The number of carbonyl (C=O) groups excluding carboxylic acids is 1. The summed E-state index contributed by atoms with van der Waals surface area (Å²) >= 11 is 0. The summed E-state index contributed by atoms with van der Waals surface area (Å²) in [6.07, 6.45) is 0.599. The summed E-state index contributed by atoms with van der Waals surface area (Å²) in [4.78, 5) is 40.3. The molecule has 118 valence electrons. The van der Waals surface area contributed by atoms with Gasteiger partial charge in [0.05, 0.1) is 18.2 Å². The normalized spacial score (nSPS) is 17.1. The van der Waals surface area contributed by atoms with E-state index in [1.165, 1.54) is 12.3 Å². The first-order chi connectivity index (χ1) is 10.5. The Morgan fingerprint density at radius 2 is 2.23 bits per heavy atom. The van der Waals surface area contributed by atoms with Crippen molar-refractivity contribution in [3.8, 4) is 0 Å². The van der Waals surface area contributed by atoms with Gasteiger partial charge in [-0.05, 0) is 6.07 Å². The van der Waals surface area contributed by atoms with E-state index in [-0.39, 0.29) is 17.8 Å². The van der Waals surface area contributed by atoms with Crippen LogP contribution < -0.4 is 21.5 Å². The van der Waals surface area contributed by atoms with Crippen LogP contribution in [0.2, 0.25) is 0 Å². The molecule has 0 fully saturated rings. The van der Waals surface area contributed by atoms with Crippen LogP contribution in [0.4, 0.5) is 5.69 Å². The molecule has 1 aromatic heterocycles. The van der Waals surface area contributed by atoms with Crippen molar-refractivity contribution < 1.29 is 19.8 Å². The third-order valence-corrected chi connectivity index (χ3v) is 2.78. The number of H-pyrrole nitrogens is 1. The molecule has 1 unspecified atom stereocenters. The van der Waals surface area contributed by atoms with Crippen LogP contribution in [0.1, 0.15) is 10.4 Å². The van der Waals surface area contributed by atoms with Gasteiger partial charge in [0.25, 0.3) is 11.5 Å². The van der Waals surface area contributed by atoms with E-state index >= 15 is 0 Å². The number of guanidine groups is 1. The fraction of sp³-hybridized carbons (Fsp3) is 0.333. The lowest BCUT2D eigenvalue weighted by molar-refractivity contribution is -0.135. The standard InChI is InChI=1S/C12H15N5O5/c18-7-3-15-12(16-4-7)17-8-1-6(2-13-11(8)22)10(21)14-5-9(19)20/h1-2,7,18H,3-5H2,(H,13,22)(H,14,21)(H,19,20)(H2,15,16,17). The van der Waals surface area contributed by atoms with Crippen LogP contribution in [-0.4, -0.2) is 58.8 Å². The Hall–Kier alpha value is -2.88. The molecular weight excluding hydrogens is 294 g/mol. The maximum Gasteiger partial charge on any atom is 0.322 e. The van der Waals surface area contributed by atoms with Crippen LogP contribution in [0.5, 0.6) is 0 Å². The number of hydrogen-bond donors (Lipinski definition) is 6. The maximum atomic E-state index is 11.7. The molecule has 0 radical (unpaired) electrons. The molecule has 0 aliphatic carbocycles. The summed E-state index contributed by atoms with van der Waals surface area (Å²) in [5, 5.41) is 25.5. The number of aliphatic hydroxyl groups is 1. The van der Waals surface area contributed by atoms with Crippen molar-refractivity contribution in [2.45, 2.75) is 6.10 Å². The molecule has 1 aliphatic rings. The van der Waals surface area contributed by atoms with Crippen LogP contribution in [0.15, 0.2) is 22.1 Å². The fourth-order valence-corrected chi connectivity index (χ4v) is 1.71. The van der Waals surface area contributed by atoms with Crippen LogP contribution in [0.25, 0.3) is 0 Å². The van der Waals surface area contributed by atoms with Crippen LogP contribution in [-0.2, 0) is 4.79 Å². The number of aliphatic imine (C=N–C) groups is 1. The minimum absolute atomic E-state index is 0.0746. The molecule has 2 heterocycles. The third kappa shape index (κ3) is 4.06. The number of carbonyl (C=O) groups is 2. The van der Waals surface area contributed by atoms with Gasteiger partial charge in [-0.25, -0.2) is 0 Å². The first-order valence-electron chi connectivity index (χ1n) is 6.42. The number of aliphatic carboxylic acids is 1. The molecule has 1 aromatic rings. The maximum absolute atomic E-state index is 11.7. The van der Waals surface area contributed by atoms with Gasteiger partial charge in [-0.2, -0.15) is 0 Å². The van der Waals surface area contributed by atoms with Crippen LogP contribution in [0.3, 0.4) is 0 Å². The molecule has 0 spiro atoms. The zero-order valence-corrected chi connectivity index (χ0v) is 11.4. The van der Waals surface area contributed by atoms with E-state index in [1.807, 2.05) is 0 Å². The lowest BCUT2D eigenvalue weighted by Gasteiger charge is -2.19. The zero-order valence-electron chi connectivity index (χ0n) is 11.4. The van der Waals surface area contributed by atoms with Crippen molar-refractivity contribution in [1.82, 2.24) is 15.6 Å².